The van der Waals surface area contributed by atoms with Crippen molar-refractivity contribution < 1.29 is 27.7 Å². The fourth-order valence-corrected chi connectivity index (χ4v) is 5.77. The summed E-state index contributed by atoms with van der Waals surface area (Å²) in [5, 5.41) is 1.19. The van der Waals surface area contributed by atoms with Crippen molar-refractivity contribution in [3.63, 3.8) is 0 Å². The Kier molecular flexibility index (Phi) is 2.79. The van der Waals surface area contributed by atoms with E-state index in [1.54, 1.807) is 0 Å². The van der Waals surface area contributed by atoms with Crippen LogP contribution in [0.5, 0.6) is 0 Å². The molecule has 9 aromatic rings. The lowest BCUT2D eigenvalue weighted by atomic mass is 9.85. The van der Waals surface area contributed by atoms with Gasteiger partial charge in [-0.25, -0.2) is 0 Å². The van der Waals surface area contributed by atoms with Crippen LogP contribution >= 0.6 is 0 Å². The van der Waals surface area contributed by atoms with Gasteiger partial charge in [0.1, 0.15) is 11.2 Å². The lowest BCUT2D eigenvalue weighted by Crippen LogP contribution is -1.91. The third-order valence-corrected chi connectivity index (χ3v) is 7.66. The first-order chi connectivity index (χ1) is 28.3. The van der Waals surface area contributed by atoms with Gasteiger partial charge in [-0.15, -0.1) is 0 Å². The number of benzene rings is 8. The van der Waals surface area contributed by atoms with Gasteiger partial charge in [-0.05, 0) is 66.7 Å². The van der Waals surface area contributed by atoms with Crippen LogP contribution in [0.15, 0.2) is 162 Å². The van der Waals surface area contributed by atoms with Crippen LogP contribution in [0.4, 0.5) is 0 Å². The van der Waals surface area contributed by atoms with Crippen molar-refractivity contribution in [2.45, 2.75) is 0 Å². The van der Waals surface area contributed by atoms with E-state index in [1.807, 2.05) is 0 Å². The van der Waals surface area contributed by atoms with Crippen molar-refractivity contribution in [3.8, 4) is 33.4 Å². The molecule has 8 aromatic carbocycles. The molecule has 1 nitrogen and oxygen atoms in total. The maximum Gasteiger partial charge on any atom is 0.143 e. The second-order valence-corrected chi connectivity index (χ2v) is 9.98. The van der Waals surface area contributed by atoms with Crippen LogP contribution in [-0.4, -0.2) is 0 Å². The molecule has 1 aromatic heterocycles. The number of para-hydroxylation sites is 2. The normalized spacial score (nSPS) is 17.3. The first-order valence-corrected chi connectivity index (χ1v) is 13.4. The summed E-state index contributed by atoms with van der Waals surface area (Å²) in [6.45, 7) is 0. The highest BCUT2D eigenvalue weighted by molar-refractivity contribution is 6.24. The minimum absolute atomic E-state index is 0.00409. The zero-order valence-electron chi connectivity index (χ0n) is 39.1. The van der Waals surface area contributed by atoms with E-state index in [1.165, 1.54) is 54.6 Å². The molecule has 0 atom stereocenters. The molecule has 0 radical (unpaired) electrons. The minimum Gasteiger partial charge on any atom is -0.455 e. The Labute approximate surface area is 273 Å². The average molecular weight is 564 g/mol. The molecule has 0 spiro atoms. The van der Waals surface area contributed by atoms with Gasteiger partial charge in [-0.1, -0.05) is 145 Å². The molecule has 200 valence electrons. The number of furan rings is 1. The summed E-state index contributed by atoms with van der Waals surface area (Å²) < 4.78 is 153. The molecule has 0 unspecified atom stereocenters. The van der Waals surface area contributed by atoms with E-state index in [4.69, 9.17) is 23.6 Å². The smallest absolute Gasteiger partial charge is 0.143 e. The quantitative estimate of drug-likeness (QED) is 0.195. The van der Waals surface area contributed by atoms with Gasteiger partial charge in [0.05, 0.1) is 23.3 Å². The third kappa shape index (κ3) is 3.72. The number of fused-ring (bicyclic) bond motifs is 6. The first-order valence-electron chi connectivity index (χ1n) is 21.9. The van der Waals surface area contributed by atoms with Crippen LogP contribution in [-0.2, 0) is 0 Å². The highest BCUT2D eigenvalue weighted by Gasteiger charge is 2.20. The largest absolute Gasteiger partial charge is 0.455 e. The monoisotopic (exact) mass is 563 g/mol. The fourth-order valence-electron chi connectivity index (χ4n) is 5.77. The Morgan fingerprint density at radius 2 is 1.00 bits per heavy atom. The summed E-state index contributed by atoms with van der Waals surface area (Å²) in [5.41, 5.74) is 0.699. The van der Waals surface area contributed by atoms with E-state index in [9.17, 15) is 4.11 Å². The first kappa shape index (κ1) is 12.7. The van der Waals surface area contributed by atoms with Gasteiger partial charge >= 0.3 is 0 Å². The second-order valence-electron chi connectivity index (χ2n) is 9.98. The molecule has 1 heterocycles. The Morgan fingerprint density at radius 1 is 0.395 bits per heavy atom. The molecule has 0 amide bonds. The van der Waals surface area contributed by atoms with Crippen molar-refractivity contribution in [1.29, 1.82) is 0 Å². The Morgan fingerprint density at radius 3 is 1.74 bits per heavy atom. The highest BCUT2D eigenvalue weighted by Crippen LogP contribution is 2.46. The van der Waals surface area contributed by atoms with E-state index in [-0.39, 0.29) is 149 Å². The second kappa shape index (κ2) is 9.44. The van der Waals surface area contributed by atoms with Gasteiger partial charge in [0.25, 0.3) is 0 Å². The Balaban J connectivity index is 1.40. The number of hydrogen-bond donors (Lipinski definition) is 0. The molecular formula is C42H26O. The van der Waals surface area contributed by atoms with E-state index in [0.717, 1.165) is 0 Å². The van der Waals surface area contributed by atoms with E-state index < -0.39 is 36.3 Å². The SMILES string of the molecule is [2H]c1cc2c(-c3cc([2H])c(-c4cc([2H])c5c([2H])c([2H])c([2H])c([2H])c5c4)c([2H])c3)c3cc([2H])c([2H])cc3c(-c3c([2H])c([2H])cc4c3oc3c([2H])c([2H])c([2H])c([2H])c34)c2cc1[2H]. The Bertz CT molecular complexity index is 3370. The van der Waals surface area contributed by atoms with Gasteiger partial charge < -0.3 is 4.42 Å². The summed E-state index contributed by atoms with van der Waals surface area (Å²) in [4.78, 5) is 0. The van der Waals surface area contributed by atoms with E-state index >= 15 is 0 Å². The van der Waals surface area contributed by atoms with Crippen LogP contribution in [0.1, 0.15) is 23.3 Å². The van der Waals surface area contributed by atoms with Crippen molar-refractivity contribution in [1.82, 2.24) is 0 Å². The van der Waals surface area contributed by atoms with E-state index in [0.29, 0.717) is 5.56 Å². The van der Waals surface area contributed by atoms with Crippen molar-refractivity contribution >= 4 is 54.3 Å². The molecule has 43 heavy (non-hydrogen) atoms. The fraction of sp³-hybridized carbons (Fsp3) is 0. The zero-order valence-corrected chi connectivity index (χ0v) is 22.1. The molecule has 0 aliphatic carbocycles. The van der Waals surface area contributed by atoms with Crippen LogP contribution < -0.4 is 0 Å². The molecule has 0 aliphatic heterocycles. The summed E-state index contributed by atoms with van der Waals surface area (Å²) in [7, 11) is 0. The lowest BCUT2D eigenvalue weighted by molar-refractivity contribution is 0.670. The summed E-state index contributed by atoms with van der Waals surface area (Å²) in [6.07, 6.45) is 0. The highest BCUT2D eigenvalue weighted by atomic mass is 16.3. The molecule has 1 heteroatoms. The van der Waals surface area contributed by atoms with E-state index in [2.05, 4.69) is 0 Å². The maximum absolute atomic E-state index is 9.23. The van der Waals surface area contributed by atoms with Crippen molar-refractivity contribution in [3.05, 3.63) is 157 Å². The molecule has 0 aliphatic rings. The number of rotatable bonds is 3. The predicted octanol–water partition coefficient (Wildman–Crippen LogP) is 12.0. The van der Waals surface area contributed by atoms with Crippen LogP contribution in [0.3, 0.4) is 0 Å². The van der Waals surface area contributed by atoms with Gasteiger partial charge in [-0.2, -0.15) is 0 Å². The third-order valence-electron chi connectivity index (χ3n) is 7.66. The summed E-state index contributed by atoms with van der Waals surface area (Å²) in [6, 6.07) is 6.54. The van der Waals surface area contributed by atoms with Gasteiger partial charge in [-0.3, -0.25) is 0 Å². The topological polar surface area (TPSA) is 13.1 Å². The van der Waals surface area contributed by atoms with Crippen molar-refractivity contribution in [2.75, 3.05) is 0 Å². The predicted molar refractivity (Wildman–Crippen MR) is 183 cm³/mol. The zero-order chi connectivity index (χ0) is 43.1. The van der Waals surface area contributed by atoms with Crippen LogP contribution in [0.25, 0.3) is 87.6 Å². The summed E-state index contributed by atoms with van der Waals surface area (Å²) >= 11 is 0. The van der Waals surface area contributed by atoms with Crippen molar-refractivity contribution in [2.24, 2.45) is 0 Å². The number of hydrogen-bond acceptors (Lipinski definition) is 1. The molecule has 0 saturated carbocycles. The molecule has 0 N–H and O–H groups in total. The Hall–Kier alpha value is -5.66. The maximum atomic E-state index is 9.23. The average Bonchev–Trinajstić information content (AvgIpc) is 3.57. The van der Waals surface area contributed by atoms with Crippen LogP contribution in [0, 0.1) is 0 Å². The standard InChI is InChI=1S/C42H26O/c1-2-11-30-26-31(25-22-27(30)10-1)28-20-23-29(24-21-28)40-33-13-3-5-15-35(33)41(36-16-6-4-14-34(36)40)38-18-9-17-37-32-12-7-8-19-39(32)43-42(37)38/h1-26H/i1D,2D,3D,4D,5D,6D,7D,8D,9D,10D,11D,12D,18D,19D,20D,21D,22D. The van der Waals surface area contributed by atoms with Gasteiger partial charge in [0, 0.05) is 21.9 Å². The molecule has 0 saturated heterocycles. The van der Waals surface area contributed by atoms with Gasteiger partial charge in [0.15, 0.2) is 0 Å². The molecule has 0 fully saturated rings. The molecule has 9 rings (SSSR count). The minimum atomic E-state index is -0.545. The summed E-state index contributed by atoms with van der Waals surface area (Å²) in [5.74, 6) is 0. The van der Waals surface area contributed by atoms with Gasteiger partial charge in [0.2, 0.25) is 0 Å². The van der Waals surface area contributed by atoms with Crippen LogP contribution in [0.2, 0.25) is 0 Å². The molecule has 0 bridgehead atoms. The molecular weight excluding hydrogens is 520 g/mol. The lowest BCUT2D eigenvalue weighted by Gasteiger charge is -2.18.